The molecule has 0 radical (unpaired) electrons. The topological polar surface area (TPSA) is 102 Å². The molecule has 1 saturated heterocycles. The predicted molar refractivity (Wildman–Crippen MR) is 117 cm³/mol. The average Bonchev–Trinajstić information content (AvgIpc) is 3.22. The fourth-order valence-corrected chi connectivity index (χ4v) is 3.95. The number of aromatic nitrogens is 6. The van der Waals surface area contributed by atoms with Crippen molar-refractivity contribution >= 4 is 16.7 Å². The highest BCUT2D eigenvalue weighted by atomic mass is 16.5. The third kappa shape index (κ3) is 3.79. The second-order valence-corrected chi connectivity index (χ2v) is 7.70. The van der Waals surface area contributed by atoms with Crippen molar-refractivity contribution in [1.29, 1.82) is 0 Å². The van der Waals surface area contributed by atoms with Crippen LogP contribution in [0.5, 0.6) is 5.88 Å². The number of hydrogen-bond acceptors (Lipinski definition) is 8. The summed E-state index contributed by atoms with van der Waals surface area (Å²) >= 11 is 0. The summed E-state index contributed by atoms with van der Waals surface area (Å²) in [5.41, 5.74) is 4.16. The molecule has 31 heavy (non-hydrogen) atoms. The largest absolute Gasteiger partial charge is 0.480 e. The Morgan fingerprint density at radius 2 is 1.84 bits per heavy atom. The van der Waals surface area contributed by atoms with Gasteiger partial charge in [-0.3, -0.25) is 5.10 Å². The number of hydrogen-bond donors (Lipinski definition) is 1. The zero-order valence-electron chi connectivity index (χ0n) is 17.6. The first-order valence-corrected chi connectivity index (χ1v) is 10.2. The van der Waals surface area contributed by atoms with E-state index in [1.54, 1.807) is 25.8 Å². The fourth-order valence-electron chi connectivity index (χ4n) is 3.95. The summed E-state index contributed by atoms with van der Waals surface area (Å²) < 4.78 is 10.9. The highest BCUT2D eigenvalue weighted by molar-refractivity contribution is 5.94. The van der Waals surface area contributed by atoms with Gasteiger partial charge in [-0.1, -0.05) is 6.07 Å². The van der Waals surface area contributed by atoms with Crippen LogP contribution in [0.3, 0.4) is 0 Å². The van der Waals surface area contributed by atoms with E-state index >= 15 is 0 Å². The first-order chi connectivity index (χ1) is 15.1. The number of methoxy groups -OCH3 is 1. The number of fused-ring (bicyclic) bond motifs is 1. The van der Waals surface area contributed by atoms with E-state index in [4.69, 9.17) is 9.47 Å². The lowest BCUT2D eigenvalue weighted by Crippen LogP contribution is -2.45. The normalized spacial score (nSPS) is 19.0. The van der Waals surface area contributed by atoms with Gasteiger partial charge in [0.2, 0.25) is 5.88 Å². The van der Waals surface area contributed by atoms with E-state index in [2.05, 4.69) is 48.9 Å². The minimum atomic E-state index is 0.154. The number of benzene rings is 1. The summed E-state index contributed by atoms with van der Waals surface area (Å²) in [6.07, 6.45) is 5.21. The summed E-state index contributed by atoms with van der Waals surface area (Å²) in [5.74, 6) is 1.36. The number of nitrogens with one attached hydrogen (secondary N) is 1. The quantitative estimate of drug-likeness (QED) is 0.540. The second-order valence-electron chi connectivity index (χ2n) is 7.70. The molecule has 2 unspecified atom stereocenters. The maximum atomic E-state index is 5.85. The van der Waals surface area contributed by atoms with E-state index in [1.807, 2.05) is 24.3 Å². The van der Waals surface area contributed by atoms with Gasteiger partial charge in [0.05, 0.1) is 48.6 Å². The molecule has 9 heteroatoms. The predicted octanol–water partition coefficient (Wildman–Crippen LogP) is 3.10. The third-order valence-electron chi connectivity index (χ3n) is 5.33. The standard InChI is InChI=1S/C22H23N7O2/c1-13-10-29(11-14(2)31-13)20-7-18(25-12-26-20)22-16-6-15(4-5-17(16)27-28-22)19-8-24-21(30-3)9-23-19/h4-9,12-14H,10-11H2,1-3H3,(H,27,28). The van der Waals surface area contributed by atoms with E-state index in [9.17, 15) is 0 Å². The van der Waals surface area contributed by atoms with Gasteiger partial charge in [0, 0.05) is 30.1 Å². The van der Waals surface area contributed by atoms with Crippen molar-refractivity contribution in [3.63, 3.8) is 0 Å². The summed E-state index contributed by atoms with van der Waals surface area (Å²) in [5, 5.41) is 8.59. The smallest absolute Gasteiger partial charge is 0.232 e. The van der Waals surface area contributed by atoms with Gasteiger partial charge in [0.1, 0.15) is 17.8 Å². The molecule has 0 spiro atoms. The summed E-state index contributed by atoms with van der Waals surface area (Å²) in [6.45, 7) is 5.75. The van der Waals surface area contributed by atoms with E-state index in [0.29, 0.717) is 5.88 Å². The zero-order valence-corrected chi connectivity index (χ0v) is 17.6. The Morgan fingerprint density at radius 3 is 2.58 bits per heavy atom. The molecule has 0 aliphatic carbocycles. The maximum Gasteiger partial charge on any atom is 0.232 e. The van der Waals surface area contributed by atoms with Crippen molar-refractivity contribution in [3.05, 3.63) is 43.0 Å². The molecule has 0 bridgehead atoms. The number of nitrogens with zero attached hydrogens (tertiary/aromatic N) is 6. The molecule has 1 aliphatic rings. The fraction of sp³-hybridized carbons (Fsp3) is 0.318. The van der Waals surface area contributed by atoms with Crippen LogP contribution in [0.15, 0.2) is 43.0 Å². The van der Waals surface area contributed by atoms with Crippen molar-refractivity contribution in [2.75, 3.05) is 25.1 Å². The van der Waals surface area contributed by atoms with Crippen molar-refractivity contribution < 1.29 is 9.47 Å². The Bertz CT molecular complexity index is 1200. The zero-order chi connectivity index (χ0) is 21.4. The molecule has 2 atom stereocenters. The maximum absolute atomic E-state index is 5.85. The van der Waals surface area contributed by atoms with Gasteiger partial charge < -0.3 is 14.4 Å². The van der Waals surface area contributed by atoms with E-state index in [0.717, 1.165) is 52.5 Å². The molecular weight excluding hydrogens is 394 g/mol. The van der Waals surface area contributed by atoms with Crippen LogP contribution in [0.4, 0.5) is 5.82 Å². The second kappa shape index (κ2) is 7.92. The molecule has 4 heterocycles. The van der Waals surface area contributed by atoms with Gasteiger partial charge in [0.25, 0.3) is 0 Å². The molecule has 158 valence electrons. The molecule has 0 saturated carbocycles. The van der Waals surface area contributed by atoms with Crippen LogP contribution in [-0.2, 0) is 4.74 Å². The van der Waals surface area contributed by atoms with Crippen molar-refractivity contribution in [2.45, 2.75) is 26.1 Å². The summed E-state index contributed by atoms with van der Waals surface area (Å²) in [6, 6.07) is 8.01. The summed E-state index contributed by atoms with van der Waals surface area (Å²) in [4.78, 5) is 19.9. The molecule has 1 fully saturated rings. The minimum absolute atomic E-state index is 0.154. The van der Waals surface area contributed by atoms with Crippen molar-refractivity contribution in [2.24, 2.45) is 0 Å². The highest BCUT2D eigenvalue weighted by Gasteiger charge is 2.24. The van der Waals surface area contributed by atoms with Crippen LogP contribution < -0.4 is 9.64 Å². The van der Waals surface area contributed by atoms with Crippen LogP contribution in [0.25, 0.3) is 33.5 Å². The molecule has 1 N–H and O–H groups in total. The Hall–Kier alpha value is -3.59. The van der Waals surface area contributed by atoms with Gasteiger partial charge in [-0.25, -0.2) is 19.9 Å². The van der Waals surface area contributed by atoms with E-state index in [1.165, 1.54) is 0 Å². The lowest BCUT2D eigenvalue weighted by Gasteiger charge is -2.36. The average molecular weight is 417 g/mol. The Balaban J connectivity index is 1.51. The van der Waals surface area contributed by atoms with Crippen LogP contribution in [0, 0.1) is 0 Å². The van der Waals surface area contributed by atoms with Crippen LogP contribution in [-0.4, -0.2) is 62.5 Å². The minimum Gasteiger partial charge on any atom is -0.480 e. The Labute approximate surface area is 179 Å². The highest BCUT2D eigenvalue weighted by Crippen LogP contribution is 2.30. The molecule has 4 aromatic rings. The number of aromatic amines is 1. The molecule has 5 rings (SSSR count). The van der Waals surface area contributed by atoms with Gasteiger partial charge in [-0.15, -0.1) is 0 Å². The molecule has 0 amide bonds. The van der Waals surface area contributed by atoms with Crippen LogP contribution in [0.2, 0.25) is 0 Å². The monoisotopic (exact) mass is 417 g/mol. The molecule has 3 aromatic heterocycles. The van der Waals surface area contributed by atoms with Gasteiger partial charge in [0.15, 0.2) is 0 Å². The van der Waals surface area contributed by atoms with Gasteiger partial charge in [-0.05, 0) is 26.0 Å². The van der Waals surface area contributed by atoms with Gasteiger partial charge in [-0.2, -0.15) is 5.10 Å². The Kier molecular flexibility index (Phi) is 4.95. The number of ether oxygens (including phenoxy) is 2. The molecule has 9 nitrogen and oxygen atoms in total. The molecule has 1 aromatic carbocycles. The number of rotatable bonds is 4. The van der Waals surface area contributed by atoms with Crippen LogP contribution >= 0.6 is 0 Å². The Morgan fingerprint density at radius 1 is 1.00 bits per heavy atom. The number of morpholine rings is 1. The third-order valence-corrected chi connectivity index (χ3v) is 5.33. The molecule has 1 aliphatic heterocycles. The number of H-pyrrole nitrogens is 1. The first kappa shape index (κ1) is 19.4. The van der Waals surface area contributed by atoms with E-state index in [-0.39, 0.29) is 12.2 Å². The number of anilines is 1. The van der Waals surface area contributed by atoms with Gasteiger partial charge >= 0.3 is 0 Å². The first-order valence-electron chi connectivity index (χ1n) is 10.2. The van der Waals surface area contributed by atoms with Crippen LogP contribution in [0.1, 0.15) is 13.8 Å². The van der Waals surface area contributed by atoms with Crippen molar-refractivity contribution in [3.8, 4) is 28.5 Å². The van der Waals surface area contributed by atoms with Crippen molar-refractivity contribution in [1.82, 2.24) is 30.1 Å². The SMILES string of the molecule is COc1cnc(-c2ccc3[nH]nc(-c4cc(N5CC(C)OC(C)C5)ncn4)c3c2)cn1. The summed E-state index contributed by atoms with van der Waals surface area (Å²) in [7, 11) is 1.57. The lowest BCUT2D eigenvalue weighted by molar-refractivity contribution is -0.00546. The molecular formula is C22H23N7O2. The lowest BCUT2D eigenvalue weighted by atomic mass is 10.1. The van der Waals surface area contributed by atoms with E-state index < -0.39 is 0 Å².